The van der Waals surface area contributed by atoms with E-state index in [1.54, 1.807) is 6.92 Å². The minimum atomic E-state index is -0.513. The fourth-order valence-electron chi connectivity index (χ4n) is 1.43. The van der Waals surface area contributed by atoms with Crippen molar-refractivity contribution in [2.75, 3.05) is 26.4 Å². The van der Waals surface area contributed by atoms with E-state index < -0.39 is 5.79 Å². The molecule has 0 spiro atoms. The van der Waals surface area contributed by atoms with Crippen molar-refractivity contribution in [3.8, 4) is 0 Å². The summed E-state index contributed by atoms with van der Waals surface area (Å²) in [5.41, 5.74) is 0. The lowest BCUT2D eigenvalue weighted by Gasteiger charge is -2.15. The number of hydrogen-bond donors (Lipinski definition) is 0. The summed E-state index contributed by atoms with van der Waals surface area (Å²) in [6.07, 6.45) is 3.64. The Balaban J connectivity index is 2.09. The summed E-state index contributed by atoms with van der Waals surface area (Å²) in [6.45, 7) is 6.76. The van der Waals surface area contributed by atoms with Crippen LogP contribution in [0.5, 0.6) is 0 Å². The Bertz CT molecular complexity index is 272. The van der Waals surface area contributed by atoms with Crippen LogP contribution in [0.1, 0.15) is 20.8 Å². The quantitative estimate of drug-likeness (QED) is 0.400. The van der Waals surface area contributed by atoms with Crippen LogP contribution in [0.2, 0.25) is 0 Å². The monoisotopic (exact) mass is 244 g/mol. The van der Waals surface area contributed by atoms with Gasteiger partial charge in [0, 0.05) is 0 Å². The van der Waals surface area contributed by atoms with Gasteiger partial charge in [-0.25, -0.2) is 4.79 Å². The van der Waals surface area contributed by atoms with Crippen molar-refractivity contribution >= 4 is 5.97 Å². The molecule has 1 aliphatic heterocycles. The maximum Gasteiger partial charge on any atom is 0.332 e. The Labute approximate surface area is 102 Å². The first-order valence-corrected chi connectivity index (χ1v) is 5.75. The standard InChI is InChI=1S/C12H20O5/c1-4-15-11(13)9-14-7-5-6-10-8-16-12(2,3)17-10/h5-6,10H,4,7-9H2,1-3H3/b6-5+/t10-/m0/s1. The summed E-state index contributed by atoms with van der Waals surface area (Å²) in [7, 11) is 0. The summed E-state index contributed by atoms with van der Waals surface area (Å²) in [5.74, 6) is -0.858. The number of rotatable bonds is 6. The van der Waals surface area contributed by atoms with Crippen molar-refractivity contribution in [1.82, 2.24) is 0 Å². The Kier molecular flexibility index (Phi) is 5.61. The van der Waals surface area contributed by atoms with Gasteiger partial charge in [-0.2, -0.15) is 0 Å². The molecule has 0 aromatic heterocycles. The van der Waals surface area contributed by atoms with Crippen LogP contribution in [0.15, 0.2) is 12.2 Å². The van der Waals surface area contributed by atoms with E-state index in [4.69, 9.17) is 18.9 Å². The smallest absolute Gasteiger partial charge is 0.332 e. The van der Waals surface area contributed by atoms with E-state index in [9.17, 15) is 4.79 Å². The van der Waals surface area contributed by atoms with E-state index in [1.807, 2.05) is 26.0 Å². The van der Waals surface area contributed by atoms with Crippen molar-refractivity contribution < 1.29 is 23.7 Å². The number of ether oxygens (including phenoxy) is 4. The molecule has 0 unspecified atom stereocenters. The Morgan fingerprint density at radius 2 is 2.29 bits per heavy atom. The molecule has 1 atom stereocenters. The third-order valence-corrected chi connectivity index (χ3v) is 2.12. The molecule has 1 saturated heterocycles. The lowest BCUT2D eigenvalue weighted by Crippen LogP contribution is -2.20. The van der Waals surface area contributed by atoms with Gasteiger partial charge in [-0.15, -0.1) is 0 Å². The first-order valence-electron chi connectivity index (χ1n) is 5.75. The molecule has 98 valence electrons. The molecule has 0 N–H and O–H groups in total. The maximum atomic E-state index is 10.9. The Morgan fingerprint density at radius 3 is 2.88 bits per heavy atom. The largest absolute Gasteiger partial charge is 0.464 e. The third kappa shape index (κ3) is 5.81. The highest BCUT2D eigenvalue weighted by Crippen LogP contribution is 2.22. The van der Waals surface area contributed by atoms with E-state index in [0.717, 1.165) is 0 Å². The molecule has 1 rings (SSSR count). The molecule has 0 aliphatic carbocycles. The number of carbonyl (C=O) groups excluding carboxylic acids is 1. The molecule has 5 heteroatoms. The predicted octanol–water partition coefficient (Wildman–Crippen LogP) is 1.27. The van der Waals surface area contributed by atoms with Gasteiger partial charge in [0.2, 0.25) is 0 Å². The summed E-state index contributed by atoms with van der Waals surface area (Å²) in [4.78, 5) is 10.9. The summed E-state index contributed by atoms with van der Waals surface area (Å²) in [6, 6.07) is 0. The molecular formula is C12H20O5. The SMILES string of the molecule is CCOC(=O)COC/C=C/[C@H]1COC(C)(C)O1. The van der Waals surface area contributed by atoms with Crippen LogP contribution in [-0.2, 0) is 23.7 Å². The minimum Gasteiger partial charge on any atom is -0.464 e. The molecule has 0 radical (unpaired) electrons. The lowest BCUT2D eigenvalue weighted by molar-refractivity contribution is -0.147. The lowest BCUT2D eigenvalue weighted by atomic mass is 10.3. The Hall–Kier alpha value is -0.910. The fourth-order valence-corrected chi connectivity index (χ4v) is 1.43. The summed E-state index contributed by atoms with van der Waals surface area (Å²) >= 11 is 0. The van der Waals surface area contributed by atoms with E-state index >= 15 is 0 Å². The van der Waals surface area contributed by atoms with E-state index in [0.29, 0.717) is 19.8 Å². The van der Waals surface area contributed by atoms with Gasteiger partial charge in [0.05, 0.1) is 19.8 Å². The van der Waals surface area contributed by atoms with Crippen LogP contribution >= 0.6 is 0 Å². The minimum absolute atomic E-state index is 0.0221. The van der Waals surface area contributed by atoms with Crippen LogP contribution in [0.4, 0.5) is 0 Å². The molecule has 1 aliphatic rings. The predicted molar refractivity (Wildman–Crippen MR) is 61.5 cm³/mol. The van der Waals surface area contributed by atoms with Gasteiger partial charge >= 0.3 is 5.97 Å². The highest BCUT2D eigenvalue weighted by molar-refractivity contribution is 5.70. The first-order chi connectivity index (χ1) is 8.03. The number of carbonyl (C=O) groups is 1. The van der Waals surface area contributed by atoms with Crippen molar-refractivity contribution in [3.05, 3.63) is 12.2 Å². The zero-order valence-corrected chi connectivity index (χ0v) is 10.6. The van der Waals surface area contributed by atoms with Gasteiger partial charge in [0.25, 0.3) is 0 Å². The van der Waals surface area contributed by atoms with E-state index in [2.05, 4.69) is 0 Å². The van der Waals surface area contributed by atoms with Gasteiger partial charge in [0.15, 0.2) is 5.79 Å². The highest BCUT2D eigenvalue weighted by Gasteiger charge is 2.30. The molecule has 0 aromatic rings. The highest BCUT2D eigenvalue weighted by atomic mass is 16.7. The third-order valence-electron chi connectivity index (χ3n) is 2.12. The average Bonchev–Trinajstić information content (AvgIpc) is 2.58. The van der Waals surface area contributed by atoms with Crippen molar-refractivity contribution in [1.29, 1.82) is 0 Å². The molecule has 5 nitrogen and oxygen atoms in total. The molecule has 1 fully saturated rings. The normalized spacial score (nSPS) is 23.1. The molecule has 0 amide bonds. The molecular weight excluding hydrogens is 224 g/mol. The van der Waals surface area contributed by atoms with Gasteiger partial charge in [-0.05, 0) is 20.8 Å². The number of esters is 1. The molecule has 17 heavy (non-hydrogen) atoms. The molecule has 1 heterocycles. The van der Waals surface area contributed by atoms with Crippen molar-refractivity contribution in [3.63, 3.8) is 0 Å². The van der Waals surface area contributed by atoms with Gasteiger partial charge in [-0.1, -0.05) is 12.2 Å². The van der Waals surface area contributed by atoms with Crippen LogP contribution in [-0.4, -0.2) is 44.3 Å². The van der Waals surface area contributed by atoms with E-state index in [-0.39, 0.29) is 18.7 Å². The molecule has 0 aromatic carbocycles. The topological polar surface area (TPSA) is 54.0 Å². The Morgan fingerprint density at radius 1 is 1.53 bits per heavy atom. The van der Waals surface area contributed by atoms with Crippen LogP contribution in [0.3, 0.4) is 0 Å². The molecule has 0 saturated carbocycles. The van der Waals surface area contributed by atoms with Gasteiger partial charge < -0.3 is 18.9 Å². The van der Waals surface area contributed by atoms with Crippen LogP contribution < -0.4 is 0 Å². The van der Waals surface area contributed by atoms with Crippen molar-refractivity contribution in [2.45, 2.75) is 32.7 Å². The zero-order valence-electron chi connectivity index (χ0n) is 10.6. The van der Waals surface area contributed by atoms with Gasteiger partial charge in [-0.3, -0.25) is 0 Å². The maximum absolute atomic E-state index is 10.9. The second kappa shape index (κ2) is 6.74. The average molecular weight is 244 g/mol. The van der Waals surface area contributed by atoms with Gasteiger partial charge in [0.1, 0.15) is 12.7 Å². The molecule has 0 bridgehead atoms. The van der Waals surface area contributed by atoms with E-state index in [1.165, 1.54) is 0 Å². The number of hydrogen-bond acceptors (Lipinski definition) is 5. The fraction of sp³-hybridized carbons (Fsp3) is 0.750. The first kappa shape index (κ1) is 14.2. The summed E-state index contributed by atoms with van der Waals surface area (Å²) in [5, 5.41) is 0. The van der Waals surface area contributed by atoms with Crippen LogP contribution in [0.25, 0.3) is 0 Å². The zero-order chi connectivity index (χ0) is 12.7. The second-order valence-corrected chi connectivity index (χ2v) is 4.12. The van der Waals surface area contributed by atoms with Crippen molar-refractivity contribution in [2.24, 2.45) is 0 Å². The summed E-state index contributed by atoms with van der Waals surface area (Å²) < 4.78 is 20.8. The van der Waals surface area contributed by atoms with Crippen LogP contribution in [0, 0.1) is 0 Å². The second-order valence-electron chi connectivity index (χ2n) is 4.12.